The molecule has 0 unspecified atom stereocenters. The number of hydrogen-bond donors (Lipinski definition) is 1. The van der Waals surface area contributed by atoms with Gasteiger partial charge in [-0.25, -0.2) is 4.79 Å². The third kappa shape index (κ3) is 3.41. The maximum atomic E-state index is 12.9. The molecule has 1 saturated carbocycles. The fraction of sp³-hybridized carbons (Fsp3) is 0.389. The number of piperidine rings is 1. The lowest BCUT2D eigenvalue weighted by molar-refractivity contribution is -0.142. The van der Waals surface area contributed by atoms with Gasteiger partial charge in [-0.3, -0.25) is 9.48 Å². The molecule has 2 aliphatic rings. The van der Waals surface area contributed by atoms with Crippen molar-refractivity contribution in [3.63, 3.8) is 0 Å². The summed E-state index contributed by atoms with van der Waals surface area (Å²) in [5.74, 6) is -0.767. The summed E-state index contributed by atoms with van der Waals surface area (Å²) in [6.07, 6.45) is -2.95. The molecule has 0 radical (unpaired) electrons. The number of fused-ring (bicyclic) bond motifs is 1. The first kappa shape index (κ1) is 17.6. The van der Waals surface area contributed by atoms with Crippen molar-refractivity contribution in [2.75, 3.05) is 6.54 Å². The van der Waals surface area contributed by atoms with Crippen LogP contribution in [0.3, 0.4) is 0 Å². The molecule has 1 N–H and O–H groups in total. The topological polar surface area (TPSA) is 75.4 Å². The number of carboxylic acids is 1. The highest BCUT2D eigenvalue weighted by molar-refractivity contribution is 5.88. The highest BCUT2D eigenvalue weighted by atomic mass is 19.4. The lowest BCUT2D eigenvalue weighted by atomic mass is 10.1. The largest absolute Gasteiger partial charge is 0.478 e. The SMILES string of the molecule is O=C(O)c1cn(Cc2ccc(CN3C[C@@H]4C[C@@H]4C3=O)cc2)nc1C(F)(F)F. The first-order valence-electron chi connectivity index (χ1n) is 8.47. The van der Waals surface area contributed by atoms with Crippen LogP contribution in [0, 0.1) is 11.8 Å². The Balaban J connectivity index is 1.45. The van der Waals surface area contributed by atoms with Crippen LogP contribution in [0.25, 0.3) is 0 Å². The number of aromatic carboxylic acids is 1. The van der Waals surface area contributed by atoms with Gasteiger partial charge in [-0.15, -0.1) is 0 Å². The van der Waals surface area contributed by atoms with E-state index in [9.17, 15) is 22.8 Å². The van der Waals surface area contributed by atoms with Crippen LogP contribution in [-0.2, 0) is 24.1 Å². The molecule has 1 saturated heterocycles. The van der Waals surface area contributed by atoms with Crippen molar-refractivity contribution in [2.45, 2.75) is 25.7 Å². The molecule has 0 bridgehead atoms. The summed E-state index contributed by atoms with van der Waals surface area (Å²) in [5, 5.41) is 12.3. The number of carbonyl (C=O) groups is 2. The van der Waals surface area contributed by atoms with Crippen LogP contribution >= 0.6 is 0 Å². The molecule has 0 spiro atoms. The van der Waals surface area contributed by atoms with Crippen LogP contribution in [0.15, 0.2) is 30.5 Å². The molecule has 27 heavy (non-hydrogen) atoms. The van der Waals surface area contributed by atoms with Crippen molar-refractivity contribution in [1.82, 2.24) is 14.7 Å². The molecule has 1 aliphatic carbocycles. The molecule has 2 aromatic rings. The van der Waals surface area contributed by atoms with Crippen molar-refractivity contribution < 1.29 is 27.9 Å². The molecule has 142 valence electrons. The maximum Gasteiger partial charge on any atom is 0.436 e. The van der Waals surface area contributed by atoms with E-state index in [0.29, 0.717) is 18.0 Å². The van der Waals surface area contributed by atoms with Gasteiger partial charge in [-0.05, 0) is 23.5 Å². The molecular weight excluding hydrogens is 363 g/mol. The number of carboxylic acid groups (broad SMARTS) is 1. The number of likely N-dealkylation sites (tertiary alicyclic amines) is 1. The van der Waals surface area contributed by atoms with Crippen LogP contribution in [0.1, 0.15) is 33.6 Å². The maximum absolute atomic E-state index is 12.9. The Morgan fingerprint density at radius 1 is 1.19 bits per heavy atom. The zero-order valence-electron chi connectivity index (χ0n) is 14.1. The molecule has 2 fully saturated rings. The van der Waals surface area contributed by atoms with Gasteiger partial charge in [0.15, 0.2) is 5.69 Å². The third-order valence-electron chi connectivity index (χ3n) is 5.01. The zero-order valence-corrected chi connectivity index (χ0v) is 14.1. The molecule has 2 atom stereocenters. The van der Waals surface area contributed by atoms with Crippen molar-refractivity contribution in [2.24, 2.45) is 11.8 Å². The number of aromatic nitrogens is 2. The number of carbonyl (C=O) groups excluding carboxylic acids is 1. The zero-order chi connectivity index (χ0) is 19.3. The average Bonchev–Trinajstić information content (AvgIpc) is 3.10. The number of hydrogen-bond acceptors (Lipinski definition) is 3. The van der Waals surface area contributed by atoms with Gasteiger partial charge in [0.25, 0.3) is 0 Å². The lowest BCUT2D eigenvalue weighted by Gasteiger charge is -2.18. The number of rotatable bonds is 5. The molecule has 6 nitrogen and oxygen atoms in total. The van der Waals surface area contributed by atoms with E-state index in [-0.39, 0.29) is 18.4 Å². The highest BCUT2D eigenvalue weighted by Gasteiger charge is 2.51. The van der Waals surface area contributed by atoms with Gasteiger partial charge in [0.1, 0.15) is 5.56 Å². The fourth-order valence-electron chi connectivity index (χ4n) is 3.53. The molecule has 2 heterocycles. The number of amides is 1. The quantitative estimate of drug-likeness (QED) is 0.867. The summed E-state index contributed by atoms with van der Waals surface area (Å²) in [5.41, 5.74) is -0.651. The van der Waals surface area contributed by atoms with E-state index in [1.165, 1.54) is 0 Å². The van der Waals surface area contributed by atoms with E-state index in [4.69, 9.17) is 5.11 Å². The molecule has 1 aromatic carbocycles. The molecule has 9 heteroatoms. The Morgan fingerprint density at radius 3 is 2.30 bits per heavy atom. The van der Waals surface area contributed by atoms with Gasteiger partial charge < -0.3 is 10.0 Å². The second-order valence-corrected chi connectivity index (χ2v) is 7.03. The second-order valence-electron chi connectivity index (χ2n) is 7.03. The third-order valence-corrected chi connectivity index (χ3v) is 5.01. The van der Waals surface area contributed by atoms with Gasteiger partial charge >= 0.3 is 12.1 Å². The summed E-state index contributed by atoms with van der Waals surface area (Å²) >= 11 is 0. The van der Waals surface area contributed by atoms with Gasteiger partial charge in [-0.1, -0.05) is 24.3 Å². The monoisotopic (exact) mass is 379 g/mol. The molecule has 4 rings (SSSR count). The number of halogens is 3. The van der Waals surface area contributed by atoms with E-state index in [0.717, 1.165) is 29.4 Å². The first-order chi connectivity index (χ1) is 12.7. The Labute approximate surface area is 152 Å². The van der Waals surface area contributed by atoms with E-state index >= 15 is 0 Å². The van der Waals surface area contributed by atoms with Crippen LogP contribution in [-0.4, -0.2) is 38.2 Å². The van der Waals surface area contributed by atoms with Crippen molar-refractivity contribution >= 4 is 11.9 Å². The summed E-state index contributed by atoms with van der Waals surface area (Å²) in [6, 6.07) is 7.12. The average molecular weight is 379 g/mol. The van der Waals surface area contributed by atoms with Gasteiger partial charge in [0.05, 0.1) is 6.54 Å². The minimum Gasteiger partial charge on any atom is -0.478 e. The lowest BCUT2D eigenvalue weighted by Crippen LogP contribution is -2.27. The first-order valence-corrected chi connectivity index (χ1v) is 8.47. The smallest absolute Gasteiger partial charge is 0.436 e. The van der Waals surface area contributed by atoms with E-state index in [1.807, 2.05) is 17.0 Å². The standard InChI is InChI=1S/C18H16F3N3O3/c19-18(20,21)15-14(17(26)27)9-24(22-15)7-11-3-1-10(2-4-11)6-23-8-12-5-13(12)16(23)25/h1-4,9,12-13H,5-8H2,(H,26,27)/t12-,13-/m0/s1. The van der Waals surface area contributed by atoms with Gasteiger partial charge in [0.2, 0.25) is 5.91 Å². The normalized spacial score (nSPS) is 21.4. The number of alkyl halides is 3. The molecule has 1 aliphatic heterocycles. The summed E-state index contributed by atoms with van der Waals surface area (Å²) < 4.78 is 39.7. The van der Waals surface area contributed by atoms with Crippen molar-refractivity contribution in [3.8, 4) is 0 Å². The van der Waals surface area contributed by atoms with Crippen LogP contribution in [0.2, 0.25) is 0 Å². The van der Waals surface area contributed by atoms with Crippen LogP contribution < -0.4 is 0 Å². The van der Waals surface area contributed by atoms with Crippen LogP contribution in [0.4, 0.5) is 13.2 Å². The second kappa shape index (κ2) is 6.11. The Hall–Kier alpha value is -2.84. The van der Waals surface area contributed by atoms with E-state index in [2.05, 4.69) is 5.10 Å². The fourth-order valence-corrected chi connectivity index (χ4v) is 3.53. The number of nitrogens with zero attached hydrogens (tertiary/aromatic N) is 3. The van der Waals surface area contributed by atoms with Crippen molar-refractivity contribution in [3.05, 3.63) is 52.8 Å². The number of benzene rings is 1. The summed E-state index contributed by atoms with van der Waals surface area (Å²) in [7, 11) is 0. The van der Waals surface area contributed by atoms with Gasteiger partial charge in [0, 0.05) is 25.2 Å². The van der Waals surface area contributed by atoms with Crippen molar-refractivity contribution in [1.29, 1.82) is 0 Å². The summed E-state index contributed by atoms with van der Waals surface area (Å²) in [6.45, 7) is 1.33. The summed E-state index contributed by atoms with van der Waals surface area (Å²) in [4.78, 5) is 24.8. The predicted molar refractivity (Wildman–Crippen MR) is 86.7 cm³/mol. The molecule has 1 aromatic heterocycles. The van der Waals surface area contributed by atoms with Gasteiger partial charge in [-0.2, -0.15) is 18.3 Å². The minimum atomic E-state index is -4.83. The molecule has 1 amide bonds. The van der Waals surface area contributed by atoms with Crippen LogP contribution in [0.5, 0.6) is 0 Å². The van der Waals surface area contributed by atoms with E-state index < -0.39 is 23.4 Å². The Morgan fingerprint density at radius 2 is 1.81 bits per heavy atom. The predicted octanol–water partition coefficient (Wildman–Crippen LogP) is 2.63. The highest BCUT2D eigenvalue weighted by Crippen LogP contribution is 2.46. The Bertz CT molecular complexity index is 905. The Kier molecular flexibility index (Phi) is 3.97. The van der Waals surface area contributed by atoms with E-state index in [1.54, 1.807) is 12.1 Å². The molecular formula is C18H16F3N3O3. The minimum absolute atomic E-state index is 0.0173.